The van der Waals surface area contributed by atoms with Crippen LogP contribution in [-0.4, -0.2) is 31.5 Å². The molecule has 0 aliphatic heterocycles. The minimum Gasteiger partial charge on any atom is -0.497 e. The average Bonchev–Trinajstić information content (AvgIpc) is 3.08. The summed E-state index contributed by atoms with van der Waals surface area (Å²) in [7, 11) is 3.44. The molecule has 0 aliphatic rings. The summed E-state index contributed by atoms with van der Waals surface area (Å²) < 4.78 is 10.5. The number of hydrogen-bond acceptors (Lipinski definition) is 4. The first-order valence-corrected chi connectivity index (χ1v) is 8.15. The smallest absolute Gasteiger partial charge is 0.236 e. The molecular weight excluding hydrogens is 304 g/mol. The van der Waals surface area contributed by atoms with E-state index in [2.05, 4.69) is 19.2 Å². The second-order valence-electron chi connectivity index (χ2n) is 6.20. The van der Waals surface area contributed by atoms with E-state index < -0.39 is 0 Å². The van der Waals surface area contributed by atoms with Crippen LogP contribution in [0.3, 0.4) is 0 Å². The molecule has 0 fully saturated rings. The van der Waals surface area contributed by atoms with E-state index in [-0.39, 0.29) is 18.5 Å². The molecule has 2 rings (SSSR count). The van der Waals surface area contributed by atoms with Crippen molar-refractivity contribution in [3.05, 3.63) is 54.0 Å². The Morgan fingerprint density at radius 3 is 2.50 bits per heavy atom. The molecule has 0 radical (unpaired) electrons. The number of nitrogens with one attached hydrogen (secondary N) is 1. The highest BCUT2D eigenvalue weighted by Crippen LogP contribution is 2.23. The highest BCUT2D eigenvalue weighted by atomic mass is 16.5. The topological polar surface area (TPSA) is 54.7 Å². The Morgan fingerprint density at radius 2 is 1.96 bits per heavy atom. The van der Waals surface area contributed by atoms with E-state index >= 15 is 0 Å². The van der Waals surface area contributed by atoms with Gasteiger partial charge in [-0.1, -0.05) is 26.0 Å². The molecule has 130 valence electrons. The van der Waals surface area contributed by atoms with Crippen molar-refractivity contribution in [3.63, 3.8) is 0 Å². The van der Waals surface area contributed by atoms with Gasteiger partial charge in [0.2, 0.25) is 5.91 Å². The predicted octanol–water partition coefficient (Wildman–Crippen LogP) is 3.23. The van der Waals surface area contributed by atoms with Crippen LogP contribution in [0.4, 0.5) is 0 Å². The summed E-state index contributed by atoms with van der Waals surface area (Å²) in [6.07, 6.45) is 1.62. The summed E-state index contributed by atoms with van der Waals surface area (Å²) in [5.74, 6) is 2.00. The zero-order valence-corrected chi connectivity index (χ0v) is 14.8. The number of amides is 1. The van der Waals surface area contributed by atoms with E-state index in [1.165, 1.54) is 0 Å². The molecule has 1 heterocycles. The van der Waals surface area contributed by atoms with Crippen molar-refractivity contribution in [2.45, 2.75) is 26.4 Å². The lowest BCUT2D eigenvalue weighted by atomic mass is 9.96. The minimum atomic E-state index is 0.0329. The summed E-state index contributed by atoms with van der Waals surface area (Å²) in [6.45, 7) is 5.03. The molecule has 0 unspecified atom stereocenters. The molecule has 0 saturated heterocycles. The third-order valence-corrected chi connectivity index (χ3v) is 4.01. The first-order chi connectivity index (χ1) is 11.5. The van der Waals surface area contributed by atoms with Gasteiger partial charge in [-0.2, -0.15) is 0 Å². The van der Waals surface area contributed by atoms with Gasteiger partial charge in [-0.15, -0.1) is 0 Å². The lowest BCUT2D eigenvalue weighted by molar-refractivity contribution is -0.129. The van der Waals surface area contributed by atoms with Gasteiger partial charge in [0.05, 0.1) is 26.5 Å². The third-order valence-electron chi connectivity index (χ3n) is 4.01. The van der Waals surface area contributed by atoms with Crippen molar-refractivity contribution in [3.8, 4) is 5.75 Å². The van der Waals surface area contributed by atoms with Gasteiger partial charge in [0.1, 0.15) is 11.5 Å². The van der Waals surface area contributed by atoms with Crippen molar-refractivity contribution in [1.29, 1.82) is 0 Å². The number of carbonyl (C=O) groups excluding carboxylic acids is 1. The van der Waals surface area contributed by atoms with Crippen molar-refractivity contribution in [2.24, 2.45) is 5.92 Å². The summed E-state index contributed by atoms with van der Waals surface area (Å²) in [6, 6.07) is 11.8. The zero-order chi connectivity index (χ0) is 17.5. The molecular formula is C19H26N2O3. The van der Waals surface area contributed by atoms with Gasteiger partial charge >= 0.3 is 0 Å². The quantitative estimate of drug-likeness (QED) is 0.807. The Labute approximate surface area is 143 Å². The molecule has 1 amide bonds. The summed E-state index contributed by atoms with van der Waals surface area (Å²) in [4.78, 5) is 14.0. The predicted molar refractivity (Wildman–Crippen MR) is 93.8 cm³/mol. The average molecular weight is 330 g/mol. The summed E-state index contributed by atoms with van der Waals surface area (Å²) >= 11 is 0. The Bertz CT molecular complexity index is 621. The molecule has 2 aromatic rings. The molecule has 1 N–H and O–H groups in total. The molecule has 0 aliphatic carbocycles. The maximum Gasteiger partial charge on any atom is 0.236 e. The SMILES string of the molecule is COc1ccc([C@@H](NCC(=O)N(C)Cc2ccco2)C(C)C)cc1. The van der Waals surface area contributed by atoms with Gasteiger partial charge in [-0.3, -0.25) is 4.79 Å². The largest absolute Gasteiger partial charge is 0.497 e. The third kappa shape index (κ3) is 4.86. The van der Waals surface area contributed by atoms with Crippen molar-refractivity contribution in [1.82, 2.24) is 10.2 Å². The molecule has 5 heteroatoms. The number of likely N-dealkylation sites (N-methyl/N-ethyl adjacent to an activating group) is 1. The van der Waals surface area contributed by atoms with Crippen molar-refractivity contribution >= 4 is 5.91 Å². The van der Waals surface area contributed by atoms with Crippen LogP contribution in [0.2, 0.25) is 0 Å². The van der Waals surface area contributed by atoms with Gasteiger partial charge in [0, 0.05) is 13.1 Å². The van der Waals surface area contributed by atoms with Crippen LogP contribution < -0.4 is 10.1 Å². The monoisotopic (exact) mass is 330 g/mol. The first kappa shape index (κ1) is 18.1. The van der Waals surface area contributed by atoms with Crippen LogP contribution >= 0.6 is 0 Å². The minimum absolute atomic E-state index is 0.0329. The first-order valence-electron chi connectivity index (χ1n) is 8.15. The molecule has 0 spiro atoms. The number of furan rings is 1. The second kappa shape index (κ2) is 8.55. The van der Waals surface area contributed by atoms with Crippen molar-refractivity contribution in [2.75, 3.05) is 20.7 Å². The Balaban J connectivity index is 1.93. The van der Waals surface area contributed by atoms with Crippen LogP contribution in [-0.2, 0) is 11.3 Å². The van der Waals surface area contributed by atoms with Gasteiger partial charge < -0.3 is 19.4 Å². The molecule has 5 nitrogen and oxygen atoms in total. The van der Waals surface area contributed by atoms with E-state index in [1.54, 1.807) is 25.3 Å². The molecule has 1 aromatic carbocycles. The number of methoxy groups -OCH3 is 1. The van der Waals surface area contributed by atoms with Crippen LogP contribution in [0.5, 0.6) is 5.75 Å². The summed E-state index contributed by atoms with van der Waals surface area (Å²) in [5.41, 5.74) is 1.15. The number of carbonyl (C=O) groups is 1. The van der Waals surface area contributed by atoms with Crippen molar-refractivity contribution < 1.29 is 13.9 Å². The van der Waals surface area contributed by atoms with Crippen LogP contribution in [0.15, 0.2) is 47.1 Å². The van der Waals surface area contributed by atoms with E-state index in [1.807, 2.05) is 36.4 Å². The van der Waals surface area contributed by atoms with Gasteiger partial charge in [0.25, 0.3) is 0 Å². The van der Waals surface area contributed by atoms with Crippen LogP contribution in [0, 0.1) is 5.92 Å². The lowest BCUT2D eigenvalue weighted by Gasteiger charge is -2.24. The fourth-order valence-corrected chi connectivity index (χ4v) is 2.61. The highest BCUT2D eigenvalue weighted by Gasteiger charge is 2.18. The number of hydrogen-bond donors (Lipinski definition) is 1. The van der Waals surface area contributed by atoms with E-state index in [0.29, 0.717) is 12.5 Å². The molecule has 0 bridgehead atoms. The van der Waals surface area contributed by atoms with Gasteiger partial charge in [-0.25, -0.2) is 0 Å². The number of benzene rings is 1. The number of rotatable bonds is 8. The molecule has 0 saturated carbocycles. The fraction of sp³-hybridized carbons (Fsp3) is 0.421. The highest BCUT2D eigenvalue weighted by molar-refractivity contribution is 5.78. The van der Waals surface area contributed by atoms with Crippen LogP contribution in [0.25, 0.3) is 0 Å². The van der Waals surface area contributed by atoms with Gasteiger partial charge in [0.15, 0.2) is 0 Å². The number of nitrogens with zero attached hydrogens (tertiary/aromatic N) is 1. The maximum atomic E-state index is 12.3. The lowest BCUT2D eigenvalue weighted by Crippen LogP contribution is -2.38. The normalized spacial score (nSPS) is 12.2. The molecule has 1 aromatic heterocycles. The Hall–Kier alpha value is -2.27. The second-order valence-corrected chi connectivity index (χ2v) is 6.20. The van der Waals surface area contributed by atoms with Gasteiger partial charge in [-0.05, 0) is 35.7 Å². The van der Waals surface area contributed by atoms with E-state index in [4.69, 9.17) is 9.15 Å². The molecule has 24 heavy (non-hydrogen) atoms. The van der Waals surface area contributed by atoms with Crippen LogP contribution in [0.1, 0.15) is 31.2 Å². The Kier molecular flexibility index (Phi) is 6.44. The standard InChI is InChI=1S/C19H26N2O3/c1-14(2)19(15-7-9-16(23-4)10-8-15)20-12-18(22)21(3)13-17-6-5-11-24-17/h5-11,14,19-20H,12-13H2,1-4H3/t19-/m0/s1. The van der Waals surface area contributed by atoms with E-state index in [0.717, 1.165) is 17.1 Å². The maximum absolute atomic E-state index is 12.3. The summed E-state index contributed by atoms with van der Waals surface area (Å²) in [5, 5.41) is 3.37. The zero-order valence-electron chi connectivity index (χ0n) is 14.8. The Morgan fingerprint density at radius 1 is 1.25 bits per heavy atom. The fourth-order valence-electron chi connectivity index (χ4n) is 2.61. The van der Waals surface area contributed by atoms with E-state index in [9.17, 15) is 4.79 Å². The number of ether oxygens (including phenoxy) is 1. The molecule has 1 atom stereocenters.